The van der Waals surface area contributed by atoms with Gasteiger partial charge in [0.15, 0.2) is 0 Å². The first-order chi connectivity index (χ1) is 14.6. The summed E-state index contributed by atoms with van der Waals surface area (Å²) in [6, 6.07) is 14.6. The number of hydrogen-bond acceptors (Lipinski definition) is 1. The van der Waals surface area contributed by atoms with E-state index in [0.29, 0.717) is 17.7 Å². The van der Waals surface area contributed by atoms with Crippen molar-refractivity contribution >= 4 is 0 Å². The summed E-state index contributed by atoms with van der Waals surface area (Å²) in [5.41, 5.74) is 2.45. The van der Waals surface area contributed by atoms with E-state index in [1.54, 1.807) is 24.3 Å². The maximum Gasteiger partial charge on any atom is 0.217 e. The first-order valence-corrected chi connectivity index (χ1v) is 10.5. The van der Waals surface area contributed by atoms with E-state index in [1.165, 1.54) is 24.8 Å². The molecule has 0 aliphatic heterocycles. The Hall–Kier alpha value is -3.04. The lowest BCUT2D eigenvalue weighted by atomic mass is 10.0. The summed E-state index contributed by atoms with van der Waals surface area (Å²) in [4.78, 5) is 0. The molecule has 0 unspecified atom stereocenters. The lowest BCUT2D eigenvalue weighted by Gasteiger charge is -2.03. The molecule has 30 heavy (non-hydrogen) atoms. The summed E-state index contributed by atoms with van der Waals surface area (Å²) in [6.45, 7) is 4.85. The molecule has 0 aromatic heterocycles. The van der Waals surface area contributed by atoms with Crippen LogP contribution in [-0.4, -0.2) is 6.61 Å². The van der Waals surface area contributed by atoms with Gasteiger partial charge in [0.2, 0.25) is 11.7 Å². The van der Waals surface area contributed by atoms with Crippen LogP contribution in [0.1, 0.15) is 62.6 Å². The maximum absolute atomic E-state index is 13.9. The van der Waals surface area contributed by atoms with Gasteiger partial charge in [0.25, 0.3) is 0 Å². The number of allylic oxidation sites excluding steroid dienone is 2. The minimum atomic E-state index is -1.17. The van der Waals surface area contributed by atoms with Crippen molar-refractivity contribution < 1.29 is 13.5 Å². The van der Waals surface area contributed by atoms with Crippen LogP contribution in [0, 0.1) is 23.7 Å². The van der Waals surface area contributed by atoms with E-state index in [-0.39, 0.29) is 0 Å². The van der Waals surface area contributed by atoms with Crippen LogP contribution >= 0.6 is 0 Å². The predicted molar refractivity (Wildman–Crippen MR) is 120 cm³/mol. The van der Waals surface area contributed by atoms with Crippen molar-refractivity contribution in [3.63, 3.8) is 0 Å². The predicted octanol–water partition coefficient (Wildman–Crippen LogP) is 7.15. The molecule has 0 saturated carbocycles. The van der Waals surface area contributed by atoms with Gasteiger partial charge in [-0.05, 0) is 73.1 Å². The van der Waals surface area contributed by atoms with E-state index >= 15 is 0 Å². The fraction of sp³-hybridized carbons (Fsp3) is 0.333. The normalized spacial score (nSPS) is 10.9. The van der Waals surface area contributed by atoms with E-state index in [4.69, 9.17) is 4.74 Å². The Morgan fingerprint density at radius 3 is 1.83 bits per heavy atom. The molecule has 0 saturated heterocycles. The molecular formula is C27H28F2O. The zero-order valence-corrected chi connectivity index (χ0v) is 17.7. The average molecular weight is 407 g/mol. The second-order valence-corrected chi connectivity index (χ2v) is 7.01. The summed E-state index contributed by atoms with van der Waals surface area (Å²) in [5, 5.41) is 0. The zero-order valence-electron chi connectivity index (χ0n) is 17.7. The van der Waals surface area contributed by atoms with Gasteiger partial charge in [0.1, 0.15) is 5.75 Å². The third-order valence-corrected chi connectivity index (χ3v) is 4.43. The molecule has 1 nitrogen and oxygen atoms in total. The SMILES string of the molecule is CCCCCCc1ccc(C#C/C(F)=C(\F)C#Cc2ccc(OCCC)cc2)cc1. The molecule has 0 aliphatic carbocycles. The van der Waals surface area contributed by atoms with E-state index < -0.39 is 11.7 Å². The van der Waals surface area contributed by atoms with Crippen LogP contribution in [0.4, 0.5) is 8.78 Å². The van der Waals surface area contributed by atoms with Crippen LogP contribution < -0.4 is 4.74 Å². The molecule has 2 aromatic carbocycles. The van der Waals surface area contributed by atoms with Crippen LogP contribution in [0.3, 0.4) is 0 Å². The molecule has 0 atom stereocenters. The van der Waals surface area contributed by atoms with Gasteiger partial charge in [-0.15, -0.1) is 0 Å². The van der Waals surface area contributed by atoms with E-state index in [0.717, 1.165) is 25.0 Å². The van der Waals surface area contributed by atoms with Crippen LogP contribution in [-0.2, 0) is 6.42 Å². The summed E-state index contributed by atoms with van der Waals surface area (Å²) in [6.07, 6.45) is 6.80. The minimum Gasteiger partial charge on any atom is -0.494 e. The van der Waals surface area contributed by atoms with Crippen LogP contribution in [0.2, 0.25) is 0 Å². The fourth-order valence-corrected chi connectivity index (χ4v) is 2.73. The molecule has 156 valence electrons. The number of ether oxygens (including phenoxy) is 1. The maximum atomic E-state index is 13.9. The number of aryl methyl sites for hydroxylation is 1. The Balaban J connectivity index is 1.96. The van der Waals surface area contributed by atoms with Gasteiger partial charge in [-0.2, -0.15) is 8.78 Å². The van der Waals surface area contributed by atoms with Gasteiger partial charge in [-0.25, -0.2) is 0 Å². The molecule has 0 spiro atoms. The first kappa shape index (κ1) is 23.2. The van der Waals surface area contributed by atoms with E-state index in [1.807, 2.05) is 31.2 Å². The van der Waals surface area contributed by atoms with Gasteiger partial charge in [0.05, 0.1) is 6.61 Å². The minimum absolute atomic E-state index is 0.573. The molecule has 0 bridgehead atoms. The Labute approximate surface area is 179 Å². The Kier molecular flexibility index (Phi) is 10.3. The summed E-state index contributed by atoms with van der Waals surface area (Å²) < 4.78 is 33.3. The first-order valence-electron chi connectivity index (χ1n) is 10.5. The molecule has 2 aromatic rings. The van der Waals surface area contributed by atoms with Crippen molar-refractivity contribution in [2.45, 2.75) is 52.4 Å². The van der Waals surface area contributed by atoms with Gasteiger partial charge in [-0.3, -0.25) is 0 Å². The van der Waals surface area contributed by atoms with Crippen molar-refractivity contribution in [1.82, 2.24) is 0 Å². The molecular weight excluding hydrogens is 378 g/mol. The smallest absolute Gasteiger partial charge is 0.217 e. The average Bonchev–Trinajstić information content (AvgIpc) is 2.78. The second-order valence-electron chi connectivity index (χ2n) is 7.01. The monoisotopic (exact) mass is 406 g/mol. The van der Waals surface area contributed by atoms with Crippen molar-refractivity contribution in [2.24, 2.45) is 0 Å². The fourth-order valence-electron chi connectivity index (χ4n) is 2.73. The van der Waals surface area contributed by atoms with Crippen molar-refractivity contribution in [1.29, 1.82) is 0 Å². The lowest BCUT2D eigenvalue weighted by Crippen LogP contribution is -1.94. The molecule has 0 heterocycles. The molecule has 0 aliphatic rings. The Morgan fingerprint density at radius 1 is 0.733 bits per heavy atom. The summed E-state index contributed by atoms with van der Waals surface area (Å²) in [7, 11) is 0. The molecule has 0 fully saturated rings. The van der Waals surface area contributed by atoms with Gasteiger partial charge in [-0.1, -0.05) is 57.1 Å². The van der Waals surface area contributed by atoms with E-state index in [2.05, 4.69) is 30.6 Å². The van der Waals surface area contributed by atoms with Crippen LogP contribution in [0.5, 0.6) is 5.75 Å². The lowest BCUT2D eigenvalue weighted by molar-refractivity contribution is 0.317. The largest absolute Gasteiger partial charge is 0.494 e. The molecule has 3 heteroatoms. The van der Waals surface area contributed by atoms with Crippen molar-refractivity contribution in [2.75, 3.05) is 6.61 Å². The third-order valence-electron chi connectivity index (χ3n) is 4.43. The highest BCUT2D eigenvalue weighted by Gasteiger charge is 2.00. The van der Waals surface area contributed by atoms with Crippen molar-refractivity contribution in [3.8, 4) is 29.4 Å². The highest BCUT2D eigenvalue weighted by atomic mass is 19.2. The van der Waals surface area contributed by atoms with Gasteiger partial charge in [0, 0.05) is 11.1 Å². The molecule has 0 N–H and O–H groups in total. The summed E-state index contributed by atoms with van der Waals surface area (Å²) in [5.74, 6) is 8.04. The number of halogens is 2. The van der Waals surface area contributed by atoms with Gasteiger partial charge >= 0.3 is 0 Å². The second kappa shape index (κ2) is 13.2. The van der Waals surface area contributed by atoms with Gasteiger partial charge < -0.3 is 4.74 Å². The Bertz CT molecular complexity index is 933. The highest BCUT2D eigenvalue weighted by Crippen LogP contribution is 2.13. The molecule has 0 radical (unpaired) electrons. The van der Waals surface area contributed by atoms with Crippen LogP contribution in [0.25, 0.3) is 0 Å². The highest BCUT2D eigenvalue weighted by molar-refractivity contribution is 5.46. The standard InChI is InChI=1S/C27H28F2O/c1-3-5-6-7-8-22-9-11-23(12-10-22)15-19-26(28)27(29)20-16-24-13-17-25(18-14-24)30-21-4-2/h9-14,17-18H,3-8,21H2,1-2H3/b27-26+. The Morgan fingerprint density at radius 2 is 1.30 bits per heavy atom. The zero-order chi connectivity index (χ0) is 21.6. The molecule has 2 rings (SSSR count). The quantitative estimate of drug-likeness (QED) is 0.334. The molecule has 0 amide bonds. The number of benzene rings is 2. The number of unbranched alkanes of at least 4 members (excludes halogenated alkanes) is 3. The number of hydrogen-bond donors (Lipinski definition) is 0. The van der Waals surface area contributed by atoms with E-state index in [9.17, 15) is 8.78 Å². The summed E-state index contributed by atoms with van der Waals surface area (Å²) >= 11 is 0. The number of rotatable bonds is 8. The van der Waals surface area contributed by atoms with Crippen molar-refractivity contribution in [3.05, 3.63) is 76.9 Å². The third kappa shape index (κ3) is 8.54. The van der Waals surface area contributed by atoms with Crippen LogP contribution in [0.15, 0.2) is 60.2 Å². The topological polar surface area (TPSA) is 9.23 Å².